The molecule has 7 heteroatoms. The van der Waals surface area contributed by atoms with Crippen LogP contribution in [0.2, 0.25) is 0 Å². The Labute approximate surface area is 105 Å². The highest BCUT2D eigenvalue weighted by Crippen LogP contribution is 2.23. The minimum absolute atomic E-state index is 0.0670. The number of nitrogens with zero attached hydrogens (tertiary/aromatic N) is 1. The molecule has 1 rings (SSSR count). The third-order valence-corrected chi connectivity index (χ3v) is 3.09. The smallest absolute Gasteiger partial charge is 0.317 e. The van der Waals surface area contributed by atoms with Crippen molar-refractivity contribution in [2.24, 2.45) is 17.6 Å². The van der Waals surface area contributed by atoms with Crippen LogP contribution in [-0.2, 0) is 9.59 Å². The fourth-order valence-corrected chi connectivity index (χ4v) is 2.11. The summed E-state index contributed by atoms with van der Waals surface area (Å²) < 4.78 is 0. The van der Waals surface area contributed by atoms with Crippen molar-refractivity contribution in [3.63, 3.8) is 0 Å². The number of primary amides is 1. The molecule has 0 radical (unpaired) electrons. The van der Waals surface area contributed by atoms with Gasteiger partial charge >= 0.3 is 12.0 Å². The molecule has 1 saturated heterocycles. The van der Waals surface area contributed by atoms with E-state index >= 15 is 0 Å². The molecule has 1 aliphatic heterocycles. The lowest BCUT2D eigenvalue weighted by atomic mass is 9.99. The molecule has 3 atom stereocenters. The number of carbonyl (C=O) groups is 3. The Bertz CT molecular complexity index is 358. The topological polar surface area (TPSA) is 113 Å². The number of hydrogen-bond donors (Lipinski definition) is 3. The Hall–Kier alpha value is -1.79. The Morgan fingerprint density at radius 2 is 2.06 bits per heavy atom. The predicted octanol–water partition coefficient (Wildman–Crippen LogP) is -0.388. The van der Waals surface area contributed by atoms with E-state index in [4.69, 9.17) is 10.8 Å². The molecule has 7 nitrogen and oxygen atoms in total. The van der Waals surface area contributed by atoms with Crippen LogP contribution < -0.4 is 11.1 Å². The van der Waals surface area contributed by atoms with Gasteiger partial charge in [-0.2, -0.15) is 0 Å². The molecule has 4 N–H and O–H groups in total. The van der Waals surface area contributed by atoms with Crippen LogP contribution in [0.1, 0.15) is 20.3 Å². The van der Waals surface area contributed by atoms with Crippen LogP contribution in [0.25, 0.3) is 0 Å². The summed E-state index contributed by atoms with van der Waals surface area (Å²) in [5.41, 5.74) is 5.02. The van der Waals surface area contributed by atoms with E-state index in [1.165, 1.54) is 4.90 Å². The minimum Gasteiger partial charge on any atom is -0.481 e. The van der Waals surface area contributed by atoms with Gasteiger partial charge in [-0.05, 0) is 12.8 Å². The number of rotatable bonds is 4. The molecule has 1 aliphatic rings. The first-order chi connectivity index (χ1) is 8.31. The van der Waals surface area contributed by atoms with Gasteiger partial charge < -0.3 is 21.1 Å². The van der Waals surface area contributed by atoms with Crippen molar-refractivity contribution in [1.82, 2.24) is 10.2 Å². The number of nitrogens with one attached hydrogen (secondary N) is 1. The normalized spacial score (nSPS) is 24.7. The maximum Gasteiger partial charge on any atom is 0.317 e. The first kappa shape index (κ1) is 14.3. The van der Waals surface area contributed by atoms with Crippen molar-refractivity contribution in [3.05, 3.63) is 0 Å². The predicted molar refractivity (Wildman–Crippen MR) is 63.7 cm³/mol. The van der Waals surface area contributed by atoms with Gasteiger partial charge in [0.2, 0.25) is 5.91 Å². The van der Waals surface area contributed by atoms with E-state index in [0.717, 1.165) is 0 Å². The zero-order chi connectivity index (χ0) is 13.9. The Morgan fingerprint density at radius 1 is 1.44 bits per heavy atom. The second-order valence-corrected chi connectivity index (χ2v) is 4.85. The Morgan fingerprint density at radius 3 is 2.50 bits per heavy atom. The lowest BCUT2D eigenvalue weighted by Gasteiger charge is -2.20. The zero-order valence-electron chi connectivity index (χ0n) is 10.5. The first-order valence-corrected chi connectivity index (χ1v) is 5.87. The molecule has 0 bridgehead atoms. The van der Waals surface area contributed by atoms with Gasteiger partial charge in [0, 0.05) is 25.6 Å². The van der Waals surface area contributed by atoms with Crippen LogP contribution in [0, 0.1) is 11.8 Å². The van der Waals surface area contributed by atoms with Crippen molar-refractivity contribution in [3.8, 4) is 0 Å². The molecule has 3 amide bonds. The fraction of sp³-hybridized carbons (Fsp3) is 0.727. The Kier molecular flexibility index (Phi) is 4.52. The van der Waals surface area contributed by atoms with E-state index < -0.39 is 17.8 Å². The molecule has 102 valence electrons. The summed E-state index contributed by atoms with van der Waals surface area (Å²) in [5, 5.41) is 11.6. The van der Waals surface area contributed by atoms with Gasteiger partial charge in [-0.15, -0.1) is 0 Å². The maximum absolute atomic E-state index is 11.8. The molecule has 1 heterocycles. The number of urea groups is 1. The summed E-state index contributed by atoms with van der Waals surface area (Å²) >= 11 is 0. The third kappa shape index (κ3) is 3.61. The quantitative estimate of drug-likeness (QED) is 0.636. The maximum atomic E-state index is 11.8. The summed E-state index contributed by atoms with van der Waals surface area (Å²) in [4.78, 5) is 34.9. The molecular formula is C11H19N3O4. The lowest BCUT2D eigenvalue weighted by molar-refractivity contribution is -0.142. The van der Waals surface area contributed by atoms with Gasteiger partial charge in [0.05, 0.1) is 5.92 Å². The largest absolute Gasteiger partial charge is 0.481 e. The van der Waals surface area contributed by atoms with Crippen molar-refractivity contribution in [1.29, 1.82) is 0 Å². The average molecular weight is 257 g/mol. The number of carboxylic acids is 1. The second kappa shape index (κ2) is 5.70. The van der Waals surface area contributed by atoms with Crippen molar-refractivity contribution in [2.75, 3.05) is 13.1 Å². The molecule has 0 aromatic carbocycles. The van der Waals surface area contributed by atoms with Crippen molar-refractivity contribution < 1.29 is 19.5 Å². The summed E-state index contributed by atoms with van der Waals surface area (Å²) in [6.45, 7) is 4.09. The van der Waals surface area contributed by atoms with Gasteiger partial charge in [-0.3, -0.25) is 9.59 Å². The minimum atomic E-state index is -0.886. The number of nitrogens with two attached hydrogens (primary N) is 1. The number of likely N-dealkylation sites (tertiary alicyclic amines) is 1. The molecule has 0 spiro atoms. The number of aliphatic carboxylic acids is 1. The highest BCUT2D eigenvalue weighted by molar-refractivity contribution is 5.79. The standard InChI is InChI=1S/C11H19N3O4/c1-6-4-14(5-8(6)10(16)17)11(18)13-7(2)3-9(12)15/h6-8H,3-5H2,1-2H3,(H2,12,15)(H,13,18)(H,16,17). The van der Waals surface area contributed by atoms with Crippen molar-refractivity contribution >= 4 is 17.9 Å². The third-order valence-electron chi connectivity index (χ3n) is 3.09. The van der Waals surface area contributed by atoms with Gasteiger partial charge in [-0.1, -0.05) is 6.92 Å². The van der Waals surface area contributed by atoms with Crippen LogP contribution in [0.3, 0.4) is 0 Å². The summed E-state index contributed by atoms with van der Waals surface area (Å²) in [7, 11) is 0. The molecule has 0 aliphatic carbocycles. The molecule has 0 aromatic heterocycles. The van der Waals surface area contributed by atoms with Crippen LogP contribution in [0.15, 0.2) is 0 Å². The molecule has 0 saturated carbocycles. The van der Waals surface area contributed by atoms with Crippen LogP contribution >= 0.6 is 0 Å². The zero-order valence-corrected chi connectivity index (χ0v) is 10.5. The molecule has 0 aromatic rings. The van der Waals surface area contributed by atoms with E-state index in [2.05, 4.69) is 5.32 Å². The average Bonchev–Trinajstić information content (AvgIpc) is 2.58. The van der Waals surface area contributed by atoms with E-state index in [0.29, 0.717) is 6.54 Å². The fourth-order valence-electron chi connectivity index (χ4n) is 2.11. The monoisotopic (exact) mass is 257 g/mol. The molecular weight excluding hydrogens is 238 g/mol. The summed E-state index contributed by atoms with van der Waals surface area (Å²) in [5.74, 6) is -1.97. The Balaban J connectivity index is 2.49. The van der Waals surface area contributed by atoms with E-state index in [1.54, 1.807) is 13.8 Å². The van der Waals surface area contributed by atoms with Crippen molar-refractivity contribution in [2.45, 2.75) is 26.3 Å². The number of carbonyl (C=O) groups excluding carboxylic acids is 2. The summed E-state index contributed by atoms with van der Waals surface area (Å²) in [6, 6.07) is -0.700. The first-order valence-electron chi connectivity index (χ1n) is 5.87. The highest BCUT2D eigenvalue weighted by atomic mass is 16.4. The highest BCUT2D eigenvalue weighted by Gasteiger charge is 2.37. The van der Waals surface area contributed by atoms with Crippen LogP contribution in [0.5, 0.6) is 0 Å². The van der Waals surface area contributed by atoms with Gasteiger partial charge in [-0.25, -0.2) is 4.79 Å². The van der Waals surface area contributed by atoms with Gasteiger partial charge in [0.1, 0.15) is 0 Å². The molecule has 1 fully saturated rings. The number of carboxylic acid groups (broad SMARTS) is 1. The SMILES string of the molecule is CC(CC(N)=O)NC(=O)N1CC(C)C(C(=O)O)C1. The number of amides is 3. The summed E-state index contributed by atoms with van der Waals surface area (Å²) in [6.07, 6.45) is 0.0670. The van der Waals surface area contributed by atoms with Crippen LogP contribution in [-0.4, -0.2) is 47.0 Å². The molecule has 18 heavy (non-hydrogen) atoms. The van der Waals surface area contributed by atoms with Gasteiger partial charge in [0.25, 0.3) is 0 Å². The van der Waals surface area contributed by atoms with Crippen LogP contribution in [0.4, 0.5) is 4.79 Å². The molecule has 3 unspecified atom stereocenters. The van der Waals surface area contributed by atoms with Gasteiger partial charge in [0.15, 0.2) is 0 Å². The van der Waals surface area contributed by atoms with E-state index in [9.17, 15) is 14.4 Å². The second-order valence-electron chi connectivity index (χ2n) is 4.85. The lowest BCUT2D eigenvalue weighted by Crippen LogP contribution is -2.44. The van der Waals surface area contributed by atoms with E-state index in [1.807, 2.05) is 0 Å². The van der Waals surface area contributed by atoms with E-state index in [-0.39, 0.29) is 31.0 Å². The number of hydrogen-bond acceptors (Lipinski definition) is 3.